The average molecular weight is 298 g/mol. The minimum atomic E-state index is -3.70. The van der Waals surface area contributed by atoms with Gasteiger partial charge in [0.1, 0.15) is 11.6 Å². The molecular weight excluding hydrogens is 283 g/mol. The van der Waals surface area contributed by atoms with Crippen molar-refractivity contribution in [2.24, 2.45) is 0 Å². The van der Waals surface area contributed by atoms with Crippen LogP contribution in [0.25, 0.3) is 0 Å². The Labute approximate surface area is 116 Å². The van der Waals surface area contributed by atoms with Crippen LogP contribution in [0.4, 0.5) is 4.39 Å². The number of aryl methyl sites for hydroxylation is 3. The SMILES string of the molecule is Cc1cc(F)ccc1S(=O)(=O)NCc1c(C)noc1C. The summed E-state index contributed by atoms with van der Waals surface area (Å²) in [4.78, 5) is 0.0608. The molecule has 7 heteroatoms. The molecular formula is C13H15FN2O3S. The van der Waals surface area contributed by atoms with Gasteiger partial charge in [-0.15, -0.1) is 0 Å². The summed E-state index contributed by atoms with van der Waals surface area (Å²) in [6.45, 7) is 5.09. The quantitative estimate of drug-likeness (QED) is 0.939. The Kier molecular flexibility index (Phi) is 3.92. The van der Waals surface area contributed by atoms with Gasteiger partial charge in [0.15, 0.2) is 0 Å². The van der Waals surface area contributed by atoms with E-state index in [1.165, 1.54) is 12.1 Å². The van der Waals surface area contributed by atoms with E-state index < -0.39 is 15.8 Å². The predicted molar refractivity (Wildman–Crippen MR) is 71.1 cm³/mol. The van der Waals surface area contributed by atoms with Gasteiger partial charge in [-0.3, -0.25) is 0 Å². The first kappa shape index (κ1) is 14.7. The molecule has 0 bridgehead atoms. The lowest BCUT2D eigenvalue weighted by Crippen LogP contribution is -2.24. The Balaban J connectivity index is 2.24. The average Bonchev–Trinajstić information content (AvgIpc) is 2.66. The molecule has 0 fully saturated rings. The van der Waals surface area contributed by atoms with Gasteiger partial charge in [-0.05, 0) is 44.5 Å². The van der Waals surface area contributed by atoms with Crippen LogP contribution in [-0.4, -0.2) is 13.6 Å². The van der Waals surface area contributed by atoms with E-state index in [2.05, 4.69) is 9.88 Å². The molecule has 0 saturated carbocycles. The van der Waals surface area contributed by atoms with Gasteiger partial charge in [-0.2, -0.15) is 0 Å². The van der Waals surface area contributed by atoms with Crippen LogP contribution >= 0.6 is 0 Å². The highest BCUT2D eigenvalue weighted by atomic mass is 32.2. The Bertz CT molecular complexity index is 719. The van der Waals surface area contributed by atoms with E-state index in [0.29, 0.717) is 22.6 Å². The number of hydrogen-bond acceptors (Lipinski definition) is 4. The number of benzene rings is 1. The van der Waals surface area contributed by atoms with E-state index in [4.69, 9.17) is 4.52 Å². The van der Waals surface area contributed by atoms with Crippen molar-refractivity contribution in [3.05, 3.63) is 46.6 Å². The van der Waals surface area contributed by atoms with E-state index in [1.807, 2.05) is 0 Å². The molecule has 2 aromatic rings. The second-order valence-corrected chi connectivity index (χ2v) is 6.27. The molecule has 108 valence electrons. The molecule has 0 spiro atoms. The normalized spacial score (nSPS) is 11.8. The Morgan fingerprint density at radius 1 is 1.30 bits per heavy atom. The van der Waals surface area contributed by atoms with Gasteiger partial charge in [-0.1, -0.05) is 5.16 Å². The van der Waals surface area contributed by atoms with Crippen molar-refractivity contribution in [3.63, 3.8) is 0 Å². The van der Waals surface area contributed by atoms with Crippen LogP contribution in [0.15, 0.2) is 27.6 Å². The highest BCUT2D eigenvalue weighted by Crippen LogP contribution is 2.18. The highest BCUT2D eigenvalue weighted by Gasteiger charge is 2.19. The van der Waals surface area contributed by atoms with E-state index in [0.717, 1.165) is 6.07 Å². The lowest BCUT2D eigenvalue weighted by atomic mass is 10.2. The van der Waals surface area contributed by atoms with Crippen LogP contribution in [-0.2, 0) is 16.6 Å². The summed E-state index contributed by atoms with van der Waals surface area (Å²) in [6, 6.07) is 3.56. The third kappa shape index (κ3) is 2.88. The van der Waals surface area contributed by atoms with Crippen molar-refractivity contribution in [3.8, 4) is 0 Å². The topological polar surface area (TPSA) is 72.2 Å². The fraction of sp³-hybridized carbons (Fsp3) is 0.308. The zero-order chi connectivity index (χ0) is 14.9. The van der Waals surface area contributed by atoms with E-state index in [-0.39, 0.29) is 11.4 Å². The summed E-state index contributed by atoms with van der Waals surface area (Å²) >= 11 is 0. The van der Waals surface area contributed by atoms with Crippen LogP contribution in [0.1, 0.15) is 22.6 Å². The first-order valence-corrected chi connectivity index (χ1v) is 7.47. The summed E-state index contributed by atoms with van der Waals surface area (Å²) in [6.07, 6.45) is 0. The maximum atomic E-state index is 13.0. The van der Waals surface area contributed by atoms with Crippen LogP contribution in [0.5, 0.6) is 0 Å². The molecule has 2 rings (SSSR count). The van der Waals surface area contributed by atoms with Gasteiger partial charge in [0, 0.05) is 12.1 Å². The van der Waals surface area contributed by atoms with Crippen molar-refractivity contribution in [2.75, 3.05) is 0 Å². The minimum Gasteiger partial charge on any atom is -0.361 e. The van der Waals surface area contributed by atoms with Crippen LogP contribution in [0.2, 0.25) is 0 Å². The first-order valence-electron chi connectivity index (χ1n) is 5.99. The van der Waals surface area contributed by atoms with Gasteiger partial charge < -0.3 is 4.52 Å². The Hall–Kier alpha value is -1.73. The number of nitrogens with one attached hydrogen (secondary N) is 1. The lowest BCUT2D eigenvalue weighted by molar-refractivity contribution is 0.392. The Morgan fingerprint density at radius 2 is 2.00 bits per heavy atom. The van der Waals surface area contributed by atoms with Crippen molar-refractivity contribution in [2.45, 2.75) is 32.2 Å². The summed E-state index contributed by atoms with van der Waals surface area (Å²) in [7, 11) is -3.70. The molecule has 0 aliphatic heterocycles. The number of hydrogen-bond donors (Lipinski definition) is 1. The van der Waals surface area contributed by atoms with Crippen LogP contribution in [0, 0.1) is 26.6 Å². The summed E-state index contributed by atoms with van der Waals surface area (Å²) in [5.41, 5.74) is 1.70. The van der Waals surface area contributed by atoms with Gasteiger partial charge in [-0.25, -0.2) is 17.5 Å². The number of aromatic nitrogens is 1. The smallest absolute Gasteiger partial charge is 0.241 e. The van der Waals surface area contributed by atoms with Crippen LogP contribution in [0.3, 0.4) is 0 Å². The van der Waals surface area contributed by atoms with Gasteiger partial charge >= 0.3 is 0 Å². The molecule has 0 aliphatic rings. The van der Waals surface area contributed by atoms with Gasteiger partial charge in [0.2, 0.25) is 10.0 Å². The fourth-order valence-corrected chi connectivity index (χ4v) is 3.13. The minimum absolute atomic E-state index is 0.0608. The zero-order valence-corrected chi connectivity index (χ0v) is 12.2. The summed E-state index contributed by atoms with van der Waals surface area (Å²) < 4.78 is 44.9. The number of halogens is 1. The molecule has 1 heterocycles. The standard InChI is InChI=1S/C13H15FN2O3S/c1-8-6-11(14)4-5-13(8)20(17,18)15-7-12-9(2)16-19-10(12)3/h4-6,15H,7H2,1-3H3. The fourth-order valence-electron chi connectivity index (χ4n) is 1.91. The number of rotatable bonds is 4. The van der Waals surface area contributed by atoms with Crippen molar-refractivity contribution in [1.82, 2.24) is 9.88 Å². The molecule has 0 radical (unpaired) electrons. The Morgan fingerprint density at radius 3 is 2.55 bits per heavy atom. The molecule has 5 nitrogen and oxygen atoms in total. The van der Waals surface area contributed by atoms with E-state index >= 15 is 0 Å². The molecule has 0 atom stereocenters. The lowest BCUT2D eigenvalue weighted by Gasteiger charge is -2.09. The van der Waals surface area contributed by atoms with Crippen molar-refractivity contribution < 1.29 is 17.3 Å². The van der Waals surface area contributed by atoms with E-state index in [1.54, 1.807) is 20.8 Å². The third-order valence-electron chi connectivity index (χ3n) is 3.05. The number of nitrogens with zero attached hydrogens (tertiary/aromatic N) is 1. The largest absolute Gasteiger partial charge is 0.361 e. The maximum absolute atomic E-state index is 13.0. The molecule has 20 heavy (non-hydrogen) atoms. The molecule has 0 saturated heterocycles. The zero-order valence-electron chi connectivity index (χ0n) is 11.4. The van der Waals surface area contributed by atoms with Crippen LogP contribution < -0.4 is 4.72 Å². The molecule has 0 aliphatic carbocycles. The molecule has 1 aromatic carbocycles. The number of sulfonamides is 1. The second kappa shape index (κ2) is 5.34. The molecule has 0 amide bonds. The second-order valence-electron chi connectivity index (χ2n) is 4.54. The molecule has 0 unspecified atom stereocenters. The predicted octanol–water partition coefficient (Wildman–Crippen LogP) is 2.22. The van der Waals surface area contributed by atoms with Gasteiger partial charge in [0.05, 0.1) is 10.6 Å². The van der Waals surface area contributed by atoms with Gasteiger partial charge in [0.25, 0.3) is 0 Å². The highest BCUT2D eigenvalue weighted by molar-refractivity contribution is 7.89. The summed E-state index contributed by atoms with van der Waals surface area (Å²) in [5, 5.41) is 3.76. The van der Waals surface area contributed by atoms with Crippen molar-refractivity contribution >= 4 is 10.0 Å². The van der Waals surface area contributed by atoms with E-state index in [9.17, 15) is 12.8 Å². The monoisotopic (exact) mass is 298 g/mol. The first-order chi connectivity index (χ1) is 9.31. The maximum Gasteiger partial charge on any atom is 0.241 e. The van der Waals surface area contributed by atoms with Crippen molar-refractivity contribution in [1.29, 1.82) is 0 Å². The molecule has 1 aromatic heterocycles. The molecule has 1 N–H and O–H groups in total. The third-order valence-corrected chi connectivity index (χ3v) is 4.61. The summed E-state index contributed by atoms with van der Waals surface area (Å²) in [5.74, 6) is 0.105.